The van der Waals surface area contributed by atoms with Crippen LogP contribution in [0.2, 0.25) is 0 Å². The van der Waals surface area contributed by atoms with Gasteiger partial charge in [0.2, 0.25) is 0 Å². The van der Waals surface area contributed by atoms with E-state index in [0.29, 0.717) is 18.0 Å². The molecule has 0 saturated heterocycles. The van der Waals surface area contributed by atoms with Crippen molar-refractivity contribution in [3.05, 3.63) is 94.9 Å². The molecule has 4 aromatic rings. The molecule has 2 N–H and O–H groups in total. The van der Waals surface area contributed by atoms with Crippen molar-refractivity contribution in [1.29, 1.82) is 0 Å². The summed E-state index contributed by atoms with van der Waals surface area (Å²) in [4.78, 5) is 24.1. The van der Waals surface area contributed by atoms with Crippen LogP contribution in [0.1, 0.15) is 16.1 Å². The molecule has 31 heavy (non-hydrogen) atoms. The average molecular weight is 479 g/mol. The van der Waals surface area contributed by atoms with Gasteiger partial charge in [-0.2, -0.15) is 0 Å². The predicted molar refractivity (Wildman–Crippen MR) is 122 cm³/mol. The lowest BCUT2D eigenvalue weighted by atomic mass is 10.1. The molecule has 7 heteroatoms. The summed E-state index contributed by atoms with van der Waals surface area (Å²) in [6.07, 6.45) is 1.45. The number of amides is 2. The van der Waals surface area contributed by atoms with Crippen molar-refractivity contribution in [1.82, 2.24) is 5.32 Å². The lowest BCUT2D eigenvalue weighted by Gasteiger charge is -2.09. The van der Waals surface area contributed by atoms with E-state index < -0.39 is 0 Å². The topological polar surface area (TPSA) is 80.6 Å². The third-order valence-electron chi connectivity index (χ3n) is 4.59. The van der Waals surface area contributed by atoms with Crippen molar-refractivity contribution in [3.8, 4) is 5.75 Å². The molecule has 2 amide bonds. The lowest BCUT2D eigenvalue weighted by molar-refractivity contribution is -0.123. The van der Waals surface area contributed by atoms with E-state index in [1.807, 2.05) is 48.5 Å². The Balaban J connectivity index is 1.25. The minimum Gasteiger partial charge on any atom is -0.484 e. The van der Waals surface area contributed by atoms with Gasteiger partial charge in [0, 0.05) is 16.7 Å². The van der Waals surface area contributed by atoms with Crippen LogP contribution in [0.15, 0.2) is 87.9 Å². The van der Waals surface area contributed by atoms with E-state index >= 15 is 0 Å². The third-order valence-corrected chi connectivity index (χ3v) is 5.08. The number of hydrogen-bond acceptors (Lipinski definition) is 4. The molecule has 0 radical (unpaired) electrons. The zero-order valence-corrected chi connectivity index (χ0v) is 18.0. The van der Waals surface area contributed by atoms with Crippen LogP contribution in [0.3, 0.4) is 0 Å². The van der Waals surface area contributed by atoms with Crippen LogP contribution in [-0.2, 0) is 11.3 Å². The largest absolute Gasteiger partial charge is 0.484 e. The molecular formula is C24H19BrN2O4. The molecule has 0 aliphatic rings. The van der Waals surface area contributed by atoms with Gasteiger partial charge in [-0.3, -0.25) is 9.59 Å². The zero-order chi connectivity index (χ0) is 21.6. The number of ether oxygens (including phenoxy) is 1. The standard InChI is InChI=1S/C24H19BrN2O4/c25-19-7-5-18-13-21(10-6-17(18)12-19)31-15-23(28)26-14-16-3-8-20(9-4-16)27-24(29)22-2-1-11-30-22/h1-13H,14-15H2,(H,26,28)(H,27,29). The highest BCUT2D eigenvalue weighted by atomic mass is 79.9. The summed E-state index contributed by atoms with van der Waals surface area (Å²) in [5.74, 6) is 0.355. The Kier molecular flexibility index (Phi) is 6.33. The number of carbonyl (C=O) groups excluding carboxylic acids is 2. The second kappa shape index (κ2) is 9.49. The van der Waals surface area contributed by atoms with Gasteiger partial charge in [0.1, 0.15) is 5.75 Å². The molecule has 0 aliphatic carbocycles. The summed E-state index contributed by atoms with van der Waals surface area (Å²) in [6, 6.07) is 22.2. The normalized spacial score (nSPS) is 10.6. The molecule has 0 spiro atoms. The number of rotatable bonds is 7. The van der Waals surface area contributed by atoms with Crippen LogP contribution in [-0.4, -0.2) is 18.4 Å². The molecule has 156 valence electrons. The molecule has 0 fully saturated rings. The maximum Gasteiger partial charge on any atom is 0.291 e. The van der Waals surface area contributed by atoms with Crippen molar-refractivity contribution < 1.29 is 18.7 Å². The Morgan fingerprint density at radius 3 is 2.48 bits per heavy atom. The van der Waals surface area contributed by atoms with E-state index in [4.69, 9.17) is 9.15 Å². The van der Waals surface area contributed by atoms with Gasteiger partial charge in [0.25, 0.3) is 11.8 Å². The van der Waals surface area contributed by atoms with Gasteiger partial charge in [-0.1, -0.05) is 40.2 Å². The summed E-state index contributed by atoms with van der Waals surface area (Å²) in [5.41, 5.74) is 1.55. The number of carbonyl (C=O) groups is 2. The minimum atomic E-state index is -0.315. The lowest BCUT2D eigenvalue weighted by Crippen LogP contribution is -2.28. The SMILES string of the molecule is O=C(COc1ccc2cc(Br)ccc2c1)NCc1ccc(NC(=O)c2ccco2)cc1. The first-order valence-electron chi connectivity index (χ1n) is 9.59. The summed E-state index contributed by atoms with van der Waals surface area (Å²) in [5, 5.41) is 7.71. The van der Waals surface area contributed by atoms with E-state index in [1.54, 1.807) is 24.3 Å². The van der Waals surface area contributed by atoms with Gasteiger partial charge in [-0.05, 0) is 64.9 Å². The number of halogens is 1. The first kappa shape index (κ1) is 20.7. The van der Waals surface area contributed by atoms with Crippen LogP contribution in [0, 0.1) is 0 Å². The van der Waals surface area contributed by atoms with Crippen molar-refractivity contribution >= 4 is 44.2 Å². The maximum absolute atomic E-state index is 12.1. The van der Waals surface area contributed by atoms with Gasteiger partial charge in [-0.15, -0.1) is 0 Å². The molecule has 1 heterocycles. The zero-order valence-electron chi connectivity index (χ0n) is 16.4. The van der Waals surface area contributed by atoms with E-state index in [-0.39, 0.29) is 24.2 Å². The number of fused-ring (bicyclic) bond motifs is 1. The molecular weight excluding hydrogens is 460 g/mol. The summed E-state index contributed by atoms with van der Waals surface area (Å²) < 4.78 is 11.7. The Morgan fingerprint density at radius 2 is 1.71 bits per heavy atom. The first-order valence-corrected chi connectivity index (χ1v) is 10.4. The summed E-state index contributed by atoms with van der Waals surface area (Å²) in [6.45, 7) is 0.291. The van der Waals surface area contributed by atoms with Crippen LogP contribution in [0.25, 0.3) is 10.8 Å². The molecule has 0 saturated carbocycles. The fraction of sp³-hybridized carbons (Fsp3) is 0.0833. The fourth-order valence-corrected chi connectivity index (χ4v) is 3.37. The number of benzene rings is 3. The molecule has 3 aromatic carbocycles. The molecule has 0 bridgehead atoms. The molecule has 1 aromatic heterocycles. The Bertz CT molecular complexity index is 1200. The van der Waals surface area contributed by atoms with Crippen molar-refractivity contribution in [2.75, 3.05) is 11.9 Å². The number of nitrogens with one attached hydrogen (secondary N) is 2. The minimum absolute atomic E-state index is 0.0701. The van der Waals surface area contributed by atoms with Gasteiger partial charge in [0.15, 0.2) is 12.4 Å². The second-order valence-electron chi connectivity index (χ2n) is 6.85. The van der Waals surface area contributed by atoms with Gasteiger partial charge in [0.05, 0.1) is 6.26 Å². The average Bonchev–Trinajstić information content (AvgIpc) is 3.32. The maximum atomic E-state index is 12.1. The fourth-order valence-electron chi connectivity index (χ4n) is 2.99. The first-order chi connectivity index (χ1) is 15.1. The third kappa shape index (κ3) is 5.52. The molecule has 0 atom stereocenters. The van der Waals surface area contributed by atoms with E-state index in [1.165, 1.54) is 6.26 Å². The van der Waals surface area contributed by atoms with E-state index in [9.17, 15) is 9.59 Å². The smallest absolute Gasteiger partial charge is 0.291 e. The number of anilines is 1. The second-order valence-corrected chi connectivity index (χ2v) is 7.76. The van der Waals surface area contributed by atoms with Crippen molar-refractivity contribution in [2.45, 2.75) is 6.54 Å². The molecule has 4 rings (SSSR count). The molecule has 6 nitrogen and oxygen atoms in total. The Hall–Kier alpha value is -3.58. The quantitative estimate of drug-likeness (QED) is 0.385. The molecule has 0 aliphatic heterocycles. The molecule has 0 unspecified atom stereocenters. The highest BCUT2D eigenvalue weighted by molar-refractivity contribution is 9.10. The van der Waals surface area contributed by atoms with Crippen LogP contribution in [0.5, 0.6) is 5.75 Å². The predicted octanol–water partition coefficient (Wildman–Crippen LogP) is 5.14. The van der Waals surface area contributed by atoms with Gasteiger partial charge >= 0.3 is 0 Å². The van der Waals surface area contributed by atoms with Gasteiger partial charge < -0.3 is 19.8 Å². The van der Waals surface area contributed by atoms with Crippen molar-refractivity contribution in [3.63, 3.8) is 0 Å². The Morgan fingerprint density at radius 1 is 0.935 bits per heavy atom. The van der Waals surface area contributed by atoms with E-state index in [0.717, 1.165) is 20.8 Å². The van der Waals surface area contributed by atoms with Crippen LogP contribution < -0.4 is 15.4 Å². The number of hydrogen-bond donors (Lipinski definition) is 2. The highest BCUT2D eigenvalue weighted by Crippen LogP contribution is 2.24. The highest BCUT2D eigenvalue weighted by Gasteiger charge is 2.09. The van der Waals surface area contributed by atoms with Crippen molar-refractivity contribution in [2.24, 2.45) is 0 Å². The van der Waals surface area contributed by atoms with Gasteiger partial charge in [-0.25, -0.2) is 0 Å². The van der Waals surface area contributed by atoms with Crippen LogP contribution >= 0.6 is 15.9 Å². The summed E-state index contributed by atoms with van der Waals surface area (Å²) >= 11 is 3.45. The Labute approximate surface area is 187 Å². The van der Waals surface area contributed by atoms with E-state index in [2.05, 4.69) is 26.6 Å². The summed E-state index contributed by atoms with van der Waals surface area (Å²) in [7, 11) is 0. The monoisotopic (exact) mass is 478 g/mol. The van der Waals surface area contributed by atoms with Crippen LogP contribution in [0.4, 0.5) is 5.69 Å². The number of furan rings is 1.